The minimum atomic E-state index is -0.290. The van der Waals surface area contributed by atoms with Crippen molar-refractivity contribution in [3.8, 4) is 5.75 Å². The summed E-state index contributed by atoms with van der Waals surface area (Å²) in [5, 5.41) is 13.6. The Kier molecular flexibility index (Phi) is 5.31. The number of aliphatic hydroxyl groups is 1. The lowest BCUT2D eigenvalue weighted by Gasteiger charge is -2.15. The van der Waals surface area contributed by atoms with E-state index in [9.17, 15) is 5.11 Å². The summed E-state index contributed by atoms with van der Waals surface area (Å²) in [7, 11) is 1.54. The fraction of sp³-hybridized carbons (Fsp3) is 0.286. The van der Waals surface area contributed by atoms with Gasteiger partial charge >= 0.3 is 0 Å². The number of ether oxygens (including phenoxy) is 1. The first kappa shape index (κ1) is 15.2. The first-order valence-electron chi connectivity index (χ1n) is 6.05. The van der Waals surface area contributed by atoms with Crippen LogP contribution in [0.5, 0.6) is 5.75 Å². The standard InChI is InChI=1S/C14H15Cl2NO3/c1-19-14-6-10(15)9(5-11(14)16)7-17-12(8-18)13-3-2-4-20-13/h2-6,12,17-18H,7-8H2,1H3. The zero-order chi connectivity index (χ0) is 14.5. The molecule has 1 heterocycles. The molecule has 108 valence electrons. The van der Waals surface area contributed by atoms with Crippen molar-refractivity contribution in [1.29, 1.82) is 0 Å². The molecule has 0 bridgehead atoms. The number of hydrogen-bond acceptors (Lipinski definition) is 4. The molecule has 1 aromatic heterocycles. The Morgan fingerprint density at radius 3 is 2.75 bits per heavy atom. The van der Waals surface area contributed by atoms with Crippen LogP contribution < -0.4 is 10.1 Å². The number of nitrogens with one attached hydrogen (secondary N) is 1. The van der Waals surface area contributed by atoms with Crippen molar-refractivity contribution in [2.45, 2.75) is 12.6 Å². The van der Waals surface area contributed by atoms with E-state index >= 15 is 0 Å². The largest absolute Gasteiger partial charge is 0.495 e. The second-order valence-corrected chi connectivity index (χ2v) is 5.02. The minimum absolute atomic E-state index is 0.0744. The lowest BCUT2D eigenvalue weighted by atomic mass is 10.2. The molecule has 0 radical (unpaired) electrons. The van der Waals surface area contributed by atoms with Gasteiger partial charge in [0, 0.05) is 17.6 Å². The summed E-state index contributed by atoms with van der Waals surface area (Å²) in [5.41, 5.74) is 0.822. The van der Waals surface area contributed by atoms with Crippen molar-refractivity contribution in [1.82, 2.24) is 5.32 Å². The molecule has 2 aromatic rings. The van der Waals surface area contributed by atoms with E-state index in [4.69, 9.17) is 32.4 Å². The third-order valence-electron chi connectivity index (χ3n) is 2.93. The van der Waals surface area contributed by atoms with Crippen LogP contribution in [0.15, 0.2) is 34.9 Å². The first-order valence-corrected chi connectivity index (χ1v) is 6.81. The molecule has 1 aromatic carbocycles. The van der Waals surface area contributed by atoms with Crippen molar-refractivity contribution in [3.05, 3.63) is 51.9 Å². The summed E-state index contributed by atoms with van der Waals surface area (Å²) in [6, 6.07) is 6.70. The Bertz CT molecular complexity index is 558. The van der Waals surface area contributed by atoms with Crippen LogP contribution in [0.2, 0.25) is 10.0 Å². The fourth-order valence-corrected chi connectivity index (χ4v) is 2.32. The third kappa shape index (κ3) is 3.46. The van der Waals surface area contributed by atoms with Crippen LogP contribution in [-0.2, 0) is 6.54 Å². The molecule has 4 nitrogen and oxygen atoms in total. The molecule has 2 N–H and O–H groups in total. The van der Waals surface area contributed by atoms with Gasteiger partial charge in [-0.15, -0.1) is 0 Å². The summed E-state index contributed by atoms with van der Waals surface area (Å²) >= 11 is 12.2. The number of rotatable bonds is 6. The smallest absolute Gasteiger partial charge is 0.138 e. The third-order valence-corrected chi connectivity index (χ3v) is 3.58. The van der Waals surface area contributed by atoms with E-state index in [1.807, 2.05) is 0 Å². The highest BCUT2D eigenvalue weighted by Gasteiger charge is 2.14. The Morgan fingerprint density at radius 2 is 2.15 bits per heavy atom. The molecule has 0 fully saturated rings. The predicted molar refractivity (Wildman–Crippen MR) is 78.4 cm³/mol. The summed E-state index contributed by atoms with van der Waals surface area (Å²) in [4.78, 5) is 0. The molecule has 0 saturated heterocycles. The van der Waals surface area contributed by atoms with Crippen LogP contribution in [0.4, 0.5) is 0 Å². The van der Waals surface area contributed by atoms with E-state index in [0.29, 0.717) is 28.1 Å². The van der Waals surface area contributed by atoms with Gasteiger partial charge in [-0.2, -0.15) is 0 Å². The molecule has 6 heteroatoms. The highest BCUT2D eigenvalue weighted by atomic mass is 35.5. The van der Waals surface area contributed by atoms with Crippen molar-refractivity contribution < 1.29 is 14.3 Å². The van der Waals surface area contributed by atoms with Gasteiger partial charge in [0.1, 0.15) is 11.5 Å². The minimum Gasteiger partial charge on any atom is -0.495 e. The molecule has 0 aliphatic heterocycles. The Hall–Kier alpha value is -1.20. The summed E-state index contributed by atoms with van der Waals surface area (Å²) < 4.78 is 10.4. The van der Waals surface area contributed by atoms with Gasteiger partial charge in [0.25, 0.3) is 0 Å². The monoisotopic (exact) mass is 315 g/mol. The average molecular weight is 316 g/mol. The summed E-state index contributed by atoms with van der Waals surface area (Å²) in [5.74, 6) is 1.20. The lowest BCUT2D eigenvalue weighted by Crippen LogP contribution is -2.23. The normalized spacial score (nSPS) is 12.4. The Morgan fingerprint density at radius 1 is 1.35 bits per heavy atom. The second-order valence-electron chi connectivity index (χ2n) is 4.21. The van der Waals surface area contributed by atoms with Crippen molar-refractivity contribution >= 4 is 23.2 Å². The van der Waals surface area contributed by atoms with Crippen molar-refractivity contribution in [2.75, 3.05) is 13.7 Å². The molecule has 1 atom stereocenters. The van der Waals surface area contributed by atoms with Crippen LogP contribution >= 0.6 is 23.2 Å². The maximum Gasteiger partial charge on any atom is 0.138 e. The average Bonchev–Trinajstić information content (AvgIpc) is 2.96. The molecular formula is C14H15Cl2NO3. The second kappa shape index (κ2) is 6.99. The molecule has 20 heavy (non-hydrogen) atoms. The molecular weight excluding hydrogens is 301 g/mol. The molecule has 0 saturated carbocycles. The van der Waals surface area contributed by atoms with Gasteiger partial charge in [0.2, 0.25) is 0 Å². The van der Waals surface area contributed by atoms with Gasteiger partial charge in [-0.25, -0.2) is 0 Å². The number of halogens is 2. The van der Waals surface area contributed by atoms with Gasteiger partial charge in [-0.1, -0.05) is 23.2 Å². The maximum absolute atomic E-state index is 9.38. The zero-order valence-electron chi connectivity index (χ0n) is 10.9. The number of methoxy groups -OCH3 is 1. The van der Waals surface area contributed by atoms with E-state index in [2.05, 4.69) is 5.32 Å². The van der Waals surface area contributed by atoms with E-state index in [-0.39, 0.29) is 12.6 Å². The van der Waals surface area contributed by atoms with Gasteiger partial charge in [0.15, 0.2) is 0 Å². The zero-order valence-corrected chi connectivity index (χ0v) is 12.4. The SMILES string of the molecule is COc1cc(Cl)c(CNC(CO)c2ccco2)cc1Cl. The molecule has 1 unspecified atom stereocenters. The highest BCUT2D eigenvalue weighted by Crippen LogP contribution is 2.31. The van der Waals surface area contributed by atoms with Crippen molar-refractivity contribution in [3.63, 3.8) is 0 Å². The molecule has 0 amide bonds. The maximum atomic E-state index is 9.38. The predicted octanol–water partition coefficient (Wildman–Crippen LogP) is 3.42. The molecule has 0 aliphatic carbocycles. The molecule has 0 spiro atoms. The Labute approximate surface area is 127 Å². The Balaban J connectivity index is 2.08. The van der Waals surface area contributed by atoms with Crippen molar-refractivity contribution in [2.24, 2.45) is 0 Å². The van der Waals surface area contributed by atoms with Gasteiger partial charge in [0.05, 0.1) is 31.0 Å². The number of aliphatic hydroxyl groups excluding tert-OH is 1. The summed E-state index contributed by atoms with van der Waals surface area (Å²) in [6.45, 7) is 0.378. The van der Waals surface area contributed by atoms with Crippen LogP contribution in [0.3, 0.4) is 0 Å². The summed E-state index contributed by atoms with van der Waals surface area (Å²) in [6.07, 6.45) is 1.57. The molecule has 0 aliphatic rings. The lowest BCUT2D eigenvalue weighted by molar-refractivity contribution is 0.225. The quantitative estimate of drug-likeness (QED) is 0.857. The van der Waals surface area contributed by atoms with Crippen LogP contribution in [-0.4, -0.2) is 18.8 Å². The van der Waals surface area contributed by atoms with E-state index < -0.39 is 0 Å². The molecule has 2 rings (SSSR count). The first-order chi connectivity index (χ1) is 9.65. The van der Waals surface area contributed by atoms with E-state index in [1.165, 1.54) is 7.11 Å². The highest BCUT2D eigenvalue weighted by molar-refractivity contribution is 6.34. The topological polar surface area (TPSA) is 54.6 Å². The number of hydrogen-bond donors (Lipinski definition) is 2. The number of benzene rings is 1. The van der Waals surface area contributed by atoms with E-state index in [1.54, 1.807) is 30.5 Å². The van der Waals surface area contributed by atoms with Crippen LogP contribution in [0.25, 0.3) is 0 Å². The van der Waals surface area contributed by atoms with Crippen LogP contribution in [0, 0.1) is 0 Å². The van der Waals surface area contributed by atoms with Gasteiger partial charge in [-0.05, 0) is 23.8 Å². The van der Waals surface area contributed by atoms with E-state index in [0.717, 1.165) is 5.56 Å². The van der Waals surface area contributed by atoms with Gasteiger partial charge in [-0.3, -0.25) is 0 Å². The fourth-order valence-electron chi connectivity index (χ4n) is 1.84. The van der Waals surface area contributed by atoms with Gasteiger partial charge < -0.3 is 19.6 Å². The number of furan rings is 1. The van der Waals surface area contributed by atoms with Crippen LogP contribution in [0.1, 0.15) is 17.4 Å².